The molecule has 1 fully saturated rings. The summed E-state index contributed by atoms with van der Waals surface area (Å²) in [6.45, 7) is 1.64. The van der Waals surface area contributed by atoms with Crippen LogP contribution in [-0.4, -0.2) is 81.2 Å². The fraction of sp³-hybridized carbons (Fsp3) is 0.769. The number of fused-ring (bicyclic) bond motifs is 1. The molecule has 128 valence electrons. The van der Waals surface area contributed by atoms with Crippen molar-refractivity contribution < 1.29 is 20.1 Å². The molecule has 4 atom stereocenters. The van der Waals surface area contributed by atoms with Crippen molar-refractivity contribution in [2.45, 2.75) is 49.6 Å². The van der Waals surface area contributed by atoms with Crippen molar-refractivity contribution in [3.63, 3.8) is 0 Å². The third-order valence-corrected chi connectivity index (χ3v) is 4.44. The molecular formula is C13H22N6O4. The number of nitrogens with zero attached hydrogens (tertiary/aromatic N) is 4. The quantitative estimate of drug-likeness (QED) is 0.351. The molecule has 0 amide bonds. The van der Waals surface area contributed by atoms with Crippen LogP contribution in [0.3, 0.4) is 0 Å². The number of aliphatic hydroxyl groups excluding tert-OH is 3. The Balaban J connectivity index is 1.99. The summed E-state index contributed by atoms with van der Waals surface area (Å²) in [5, 5.41) is 30.1. The fourth-order valence-electron chi connectivity index (χ4n) is 3.32. The van der Waals surface area contributed by atoms with Gasteiger partial charge in [-0.25, -0.2) is 9.98 Å². The molecule has 0 unspecified atom stereocenters. The largest absolute Gasteiger partial charge is 0.394 e. The predicted molar refractivity (Wildman–Crippen MR) is 82.8 cm³/mol. The average molecular weight is 326 g/mol. The van der Waals surface area contributed by atoms with Crippen LogP contribution in [-0.2, 0) is 4.74 Å². The van der Waals surface area contributed by atoms with Crippen LogP contribution in [0.2, 0.25) is 0 Å². The average Bonchev–Trinajstić information content (AvgIpc) is 3.04. The molecule has 3 rings (SSSR count). The first-order chi connectivity index (χ1) is 10.9. The molecule has 10 nitrogen and oxygen atoms in total. The van der Waals surface area contributed by atoms with Crippen LogP contribution in [0.1, 0.15) is 19.8 Å². The smallest absolute Gasteiger partial charge is 0.208 e. The molecule has 0 bridgehead atoms. The number of ether oxygens (including phenoxy) is 1. The van der Waals surface area contributed by atoms with Gasteiger partial charge in [-0.3, -0.25) is 16.5 Å². The second-order valence-corrected chi connectivity index (χ2v) is 5.97. The van der Waals surface area contributed by atoms with Crippen LogP contribution < -0.4 is 11.5 Å². The Labute approximate surface area is 133 Å². The van der Waals surface area contributed by atoms with Gasteiger partial charge in [0.25, 0.3) is 0 Å². The van der Waals surface area contributed by atoms with Crippen molar-refractivity contribution in [1.82, 2.24) is 4.90 Å². The summed E-state index contributed by atoms with van der Waals surface area (Å²) < 4.78 is 5.86. The van der Waals surface area contributed by atoms with Crippen molar-refractivity contribution in [3.8, 4) is 0 Å². The number of hydrogen-bond donors (Lipinski definition) is 5. The van der Waals surface area contributed by atoms with Crippen LogP contribution in [0, 0.1) is 0 Å². The highest BCUT2D eigenvalue weighted by atomic mass is 16.6. The van der Waals surface area contributed by atoms with Crippen LogP contribution in [0.5, 0.6) is 0 Å². The molecule has 0 aromatic rings. The van der Waals surface area contributed by atoms with Crippen molar-refractivity contribution in [3.05, 3.63) is 0 Å². The highest BCUT2D eigenvalue weighted by Crippen LogP contribution is 2.40. The van der Waals surface area contributed by atoms with Gasteiger partial charge in [0.2, 0.25) is 5.79 Å². The van der Waals surface area contributed by atoms with Crippen molar-refractivity contribution in [2.75, 3.05) is 13.3 Å². The van der Waals surface area contributed by atoms with E-state index in [1.165, 1.54) is 6.34 Å². The number of aliphatic imine (C=N–C) groups is 3. The van der Waals surface area contributed by atoms with E-state index in [4.69, 9.17) is 16.2 Å². The summed E-state index contributed by atoms with van der Waals surface area (Å²) in [4.78, 5) is 14.0. The lowest BCUT2D eigenvalue weighted by molar-refractivity contribution is -0.164. The van der Waals surface area contributed by atoms with E-state index in [-0.39, 0.29) is 6.67 Å². The molecular weight excluding hydrogens is 304 g/mol. The van der Waals surface area contributed by atoms with E-state index in [1.54, 1.807) is 4.90 Å². The number of nitrogens with two attached hydrogens (primary N) is 2. The highest BCUT2D eigenvalue weighted by Gasteiger charge is 2.59. The topological polar surface area (TPSA) is 162 Å². The number of aliphatic hydroxyl groups is 3. The molecule has 3 aliphatic rings. The summed E-state index contributed by atoms with van der Waals surface area (Å²) in [6.07, 6.45) is -1.02. The maximum absolute atomic E-state index is 10.6. The number of rotatable bonds is 4. The summed E-state index contributed by atoms with van der Waals surface area (Å²) >= 11 is 0. The predicted octanol–water partition coefficient (Wildman–Crippen LogP) is -2.68. The van der Waals surface area contributed by atoms with E-state index in [2.05, 4.69) is 15.0 Å². The zero-order valence-electron chi connectivity index (χ0n) is 12.8. The zero-order valence-corrected chi connectivity index (χ0v) is 12.8. The molecule has 23 heavy (non-hydrogen) atoms. The van der Waals surface area contributed by atoms with Crippen LogP contribution in [0.15, 0.2) is 15.0 Å². The molecule has 0 aromatic carbocycles. The van der Waals surface area contributed by atoms with Crippen molar-refractivity contribution in [1.29, 1.82) is 0 Å². The number of hydrogen-bond acceptors (Lipinski definition) is 10. The second kappa shape index (κ2) is 5.58. The Morgan fingerprint density at radius 1 is 1.43 bits per heavy atom. The van der Waals surface area contributed by atoms with Crippen molar-refractivity contribution >= 4 is 17.9 Å². The summed E-state index contributed by atoms with van der Waals surface area (Å²) in [6, 6.07) is 0. The summed E-state index contributed by atoms with van der Waals surface area (Å²) in [7, 11) is 0. The van der Waals surface area contributed by atoms with Gasteiger partial charge in [-0.15, -0.1) is 0 Å². The molecule has 0 spiro atoms. The maximum Gasteiger partial charge on any atom is 0.208 e. The van der Waals surface area contributed by atoms with E-state index in [9.17, 15) is 15.3 Å². The molecule has 0 saturated carbocycles. The second-order valence-electron chi connectivity index (χ2n) is 5.97. The maximum atomic E-state index is 10.6. The minimum atomic E-state index is -1.49. The van der Waals surface area contributed by atoms with Crippen LogP contribution in [0.25, 0.3) is 0 Å². The third-order valence-electron chi connectivity index (χ3n) is 4.44. The van der Waals surface area contributed by atoms with E-state index < -0.39 is 36.4 Å². The lowest BCUT2D eigenvalue weighted by Gasteiger charge is -2.42. The summed E-state index contributed by atoms with van der Waals surface area (Å²) in [5.74, 6) is -1.12. The van der Waals surface area contributed by atoms with E-state index in [1.807, 2.05) is 6.92 Å². The molecule has 1 saturated heterocycles. The Bertz CT molecular complexity index is 577. The molecule has 0 radical (unpaired) electrons. The molecule has 0 aromatic heterocycles. The Hall–Kier alpha value is -1.43. The number of amidine groups is 1. The van der Waals surface area contributed by atoms with E-state index >= 15 is 0 Å². The Morgan fingerprint density at radius 3 is 2.78 bits per heavy atom. The zero-order chi connectivity index (χ0) is 16.8. The van der Waals surface area contributed by atoms with Gasteiger partial charge in [0.15, 0.2) is 11.6 Å². The van der Waals surface area contributed by atoms with E-state index in [0.29, 0.717) is 24.4 Å². The first-order valence-electron chi connectivity index (χ1n) is 7.54. The molecule has 3 heterocycles. The van der Waals surface area contributed by atoms with Crippen molar-refractivity contribution in [2.24, 2.45) is 26.4 Å². The first-order valence-corrected chi connectivity index (χ1v) is 7.54. The van der Waals surface area contributed by atoms with Gasteiger partial charge >= 0.3 is 0 Å². The van der Waals surface area contributed by atoms with Gasteiger partial charge < -0.3 is 25.0 Å². The van der Waals surface area contributed by atoms with Gasteiger partial charge in [0.1, 0.15) is 37.0 Å². The van der Waals surface area contributed by atoms with Gasteiger partial charge in [-0.2, -0.15) is 0 Å². The standard InChI is InChI=1S/C13H22N6O4/c1-2-3-12(10(22)8(21)7(4-20)23-12)19-6-17-9-11(19)16-5-18-13(9,14)15/h5,7-8,10,20-22H,2-4,6,14-15H2,1H3/t7-,8-,10-,12-/m1/s1. The van der Waals surface area contributed by atoms with Crippen LogP contribution in [0.4, 0.5) is 0 Å². The summed E-state index contributed by atoms with van der Waals surface area (Å²) in [5.41, 5.74) is 10.9. The molecule has 7 N–H and O–H groups in total. The molecule has 0 aliphatic carbocycles. The van der Waals surface area contributed by atoms with Gasteiger partial charge in [-0.05, 0) is 6.42 Å². The minimum absolute atomic E-state index is 0.121. The van der Waals surface area contributed by atoms with Gasteiger partial charge in [0.05, 0.1) is 6.61 Å². The monoisotopic (exact) mass is 326 g/mol. The molecule has 10 heteroatoms. The minimum Gasteiger partial charge on any atom is -0.394 e. The lowest BCUT2D eigenvalue weighted by Crippen LogP contribution is -2.64. The lowest BCUT2D eigenvalue weighted by atomic mass is 9.96. The third kappa shape index (κ3) is 2.30. The Kier molecular flexibility index (Phi) is 3.99. The van der Waals surface area contributed by atoms with Gasteiger partial charge in [-0.1, -0.05) is 13.3 Å². The van der Waals surface area contributed by atoms with E-state index in [0.717, 1.165) is 0 Å². The Morgan fingerprint density at radius 2 is 2.17 bits per heavy atom. The van der Waals surface area contributed by atoms with Gasteiger partial charge in [0, 0.05) is 0 Å². The normalized spacial score (nSPS) is 38.5. The fourth-order valence-corrected chi connectivity index (χ4v) is 3.32. The van der Waals surface area contributed by atoms with Crippen LogP contribution >= 0.6 is 0 Å². The highest BCUT2D eigenvalue weighted by molar-refractivity contribution is 6.47. The first kappa shape index (κ1) is 16.4. The SMILES string of the molecule is CCC[C@@]1(N2CN=C3C2=NC=NC3(N)N)O[C@H](CO)[C@@H](O)[C@H]1O. The molecule has 3 aliphatic heterocycles.